The van der Waals surface area contributed by atoms with E-state index in [-0.39, 0.29) is 12.5 Å². The Balaban J connectivity index is 1.50. The largest absolute Gasteiger partial charge is 0.495 e. The van der Waals surface area contributed by atoms with Gasteiger partial charge in [0.1, 0.15) is 11.5 Å². The Morgan fingerprint density at radius 3 is 2.54 bits per heavy atom. The van der Waals surface area contributed by atoms with E-state index < -0.39 is 0 Å². The number of methoxy groups -OCH3 is 1. The molecule has 0 spiro atoms. The Morgan fingerprint density at radius 1 is 1.12 bits per heavy atom. The van der Waals surface area contributed by atoms with Crippen molar-refractivity contribution in [2.24, 2.45) is 0 Å². The van der Waals surface area contributed by atoms with E-state index in [1.54, 1.807) is 7.11 Å². The third-order valence-electron chi connectivity index (χ3n) is 4.54. The fourth-order valence-electron chi connectivity index (χ4n) is 3.15. The van der Waals surface area contributed by atoms with Gasteiger partial charge in [0.05, 0.1) is 25.4 Å². The normalized spacial score (nSPS) is 14.1. The summed E-state index contributed by atoms with van der Waals surface area (Å²) in [4.78, 5) is 12.2. The summed E-state index contributed by atoms with van der Waals surface area (Å²) >= 11 is 0. The molecule has 2 aromatic carbocycles. The minimum atomic E-state index is -0.125. The summed E-state index contributed by atoms with van der Waals surface area (Å²) in [7, 11) is 1.59. The van der Waals surface area contributed by atoms with E-state index in [0.29, 0.717) is 17.5 Å². The molecule has 1 saturated carbocycles. The molecule has 1 fully saturated rings. The molecular formula is C21H26N2O3. The predicted molar refractivity (Wildman–Crippen MR) is 104 cm³/mol. The number of hydrogen-bond acceptors (Lipinski definition) is 4. The molecule has 3 rings (SSSR count). The average Bonchev–Trinajstić information content (AvgIpc) is 3.14. The molecule has 1 amide bonds. The molecule has 0 atom stereocenters. The first-order valence-corrected chi connectivity index (χ1v) is 9.09. The van der Waals surface area contributed by atoms with Crippen molar-refractivity contribution < 1.29 is 14.3 Å². The molecule has 0 aliphatic heterocycles. The van der Waals surface area contributed by atoms with Gasteiger partial charge in [0.15, 0.2) is 0 Å². The van der Waals surface area contributed by atoms with Gasteiger partial charge in [0.2, 0.25) is 5.91 Å². The molecule has 0 unspecified atom stereocenters. The summed E-state index contributed by atoms with van der Waals surface area (Å²) in [5.74, 6) is 1.41. The fourth-order valence-corrected chi connectivity index (χ4v) is 3.15. The van der Waals surface area contributed by atoms with Crippen LogP contribution in [0.2, 0.25) is 0 Å². The topological polar surface area (TPSA) is 59.6 Å². The molecule has 5 heteroatoms. The van der Waals surface area contributed by atoms with Gasteiger partial charge in [-0.15, -0.1) is 0 Å². The lowest BCUT2D eigenvalue weighted by atomic mass is 10.2. The number of rotatable bonds is 7. The third kappa shape index (κ3) is 4.91. The summed E-state index contributed by atoms with van der Waals surface area (Å²) in [6.45, 7) is 2.16. The molecular weight excluding hydrogens is 328 g/mol. The van der Waals surface area contributed by atoms with Gasteiger partial charge in [-0.2, -0.15) is 0 Å². The summed E-state index contributed by atoms with van der Waals surface area (Å²) in [5.41, 5.74) is 2.63. The highest BCUT2D eigenvalue weighted by Crippen LogP contribution is 2.26. The fraction of sp³-hybridized carbons (Fsp3) is 0.381. The van der Waals surface area contributed by atoms with Gasteiger partial charge in [0.25, 0.3) is 0 Å². The van der Waals surface area contributed by atoms with Crippen LogP contribution < -0.4 is 20.1 Å². The van der Waals surface area contributed by atoms with E-state index in [0.717, 1.165) is 29.8 Å². The lowest BCUT2D eigenvalue weighted by molar-refractivity contribution is -0.114. The van der Waals surface area contributed by atoms with Crippen molar-refractivity contribution >= 4 is 17.3 Å². The quantitative estimate of drug-likeness (QED) is 0.775. The Labute approximate surface area is 154 Å². The summed E-state index contributed by atoms with van der Waals surface area (Å²) in [6.07, 6.45) is 5.14. The van der Waals surface area contributed by atoms with E-state index in [1.165, 1.54) is 12.8 Å². The van der Waals surface area contributed by atoms with Crippen LogP contribution in [0.4, 0.5) is 11.4 Å². The molecule has 2 aromatic rings. The lowest BCUT2D eigenvalue weighted by Gasteiger charge is -2.14. The van der Waals surface area contributed by atoms with Gasteiger partial charge in [-0.05, 0) is 74.6 Å². The number of hydrogen-bond donors (Lipinski definition) is 2. The number of carbonyl (C=O) groups excluding carboxylic acids is 1. The number of carbonyl (C=O) groups is 1. The third-order valence-corrected chi connectivity index (χ3v) is 4.54. The highest BCUT2D eigenvalue weighted by molar-refractivity contribution is 5.95. The molecule has 0 aromatic heterocycles. The number of amides is 1. The summed E-state index contributed by atoms with van der Waals surface area (Å²) < 4.78 is 11.2. The van der Waals surface area contributed by atoms with Crippen molar-refractivity contribution in [3.05, 3.63) is 48.0 Å². The van der Waals surface area contributed by atoms with Gasteiger partial charge >= 0.3 is 0 Å². The maximum absolute atomic E-state index is 12.2. The van der Waals surface area contributed by atoms with Crippen molar-refractivity contribution in [1.29, 1.82) is 0 Å². The molecule has 1 aliphatic rings. The first kappa shape index (κ1) is 18.1. The zero-order chi connectivity index (χ0) is 18.4. The predicted octanol–water partition coefficient (Wildman–Crippen LogP) is 4.38. The van der Waals surface area contributed by atoms with Crippen LogP contribution in [0.1, 0.15) is 31.2 Å². The molecule has 0 bridgehead atoms. The Bertz CT molecular complexity index is 737. The maximum atomic E-state index is 12.2. The second-order valence-corrected chi connectivity index (χ2v) is 6.65. The number of nitrogens with one attached hydrogen (secondary N) is 2. The van der Waals surface area contributed by atoms with Crippen molar-refractivity contribution in [3.8, 4) is 11.5 Å². The monoisotopic (exact) mass is 354 g/mol. The van der Waals surface area contributed by atoms with Gasteiger partial charge in [0, 0.05) is 5.69 Å². The smallest absolute Gasteiger partial charge is 0.243 e. The van der Waals surface area contributed by atoms with Crippen LogP contribution in [0.25, 0.3) is 0 Å². The molecule has 0 heterocycles. The minimum Gasteiger partial charge on any atom is -0.495 e. The number of ether oxygens (including phenoxy) is 2. The highest BCUT2D eigenvalue weighted by atomic mass is 16.5. The van der Waals surface area contributed by atoms with Crippen molar-refractivity contribution in [2.75, 3.05) is 24.3 Å². The summed E-state index contributed by atoms with van der Waals surface area (Å²) in [5, 5.41) is 6.01. The van der Waals surface area contributed by atoms with E-state index in [2.05, 4.69) is 10.6 Å². The lowest BCUT2D eigenvalue weighted by Crippen LogP contribution is -2.22. The number of benzene rings is 2. The Kier molecular flexibility index (Phi) is 6.00. The van der Waals surface area contributed by atoms with Crippen LogP contribution in [-0.4, -0.2) is 25.7 Å². The van der Waals surface area contributed by atoms with E-state index in [4.69, 9.17) is 9.47 Å². The molecule has 2 N–H and O–H groups in total. The second kappa shape index (κ2) is 8.61. The standard InChI is InChI=1S/C21H26N2O3/c1-15-7-12-20(25-2)19(13-15)23-21(24)14-22-16-8-10-18(11-9-16)26-17-5-3-4-6-17/h7-13,17,22H,3-6,14H2,1-2H3,(H,23,24). The Morgan fingerprint density at radius 2 is 1.85 bits per heavy atom. The van der Waals surface area contributed by atoms with Gasteiger partial charge in [-0.1, -0.05) is 6.07 Å². The van der Waals surface area contributed by atoms with Gasteiger partial charge < -0.3 is 20.1 Å². The zero-order valence-electron chi connectivity index (χ0n) is 15.4. The number of anilines is 2. The average molecular weight is 354 g/mol. The SMILES string of the molecule is COc1ccc(C)cc1NC(=O)CNc1ccc(OC2CCCC2)cc1. The van der Waals surface area contributed by atoms with Crippen LogP contribution in [0, 0.1) is 6.92 Å². The minimum absolute atomic E-state index is 0.125. The van der Waals surface area contributed by atoms with Crippen molar-refractivity contribution in [3.63, 3.8) is 0 Å². The van der Waals surface area contributed by atoms with Crippen LogP contribution in [0.15, 0.2) is 42.5 Å². The van der Waals surface area contributed by atoms with E-state index in [9.17, 15) is 4.79 Å². The van der Waals surface area contributed by atoms with Crippen molar-refractivity contribution in [2.45, 2.75) is 38.7 Å². The molecule has 1 aliphatic carbocycles. The Hall–Kier alpha value is -2.69. The van der Waals surface area contributed by atoms with Crippen LogP contribution in [0.3, 0.4) is 0 Å². The van der Waals surface area contributed by atoms with Crippen molar-refractivity contribution in [1.82, 2.24) is 0 Å². The van der Waals surface area contributed by atoms with Gasteiger partial charge in [-0.25, -0.2) is 0 Å². The second-order valence-electron chi connectivity index (χ2n) is 6.65. The molecule has 5 nitrogen and oxygen atoms in total. The van der Waals surface area contributed by atoms with Crippen LogP contribution in [0.5, 0.6) is 11.5 Å². The first-order valence-electron chi connectivity index (χ1n) is 9.09. The van der Waals surface area contributed by atoms with E-state index in [1.807, 2.05) is 49.4 Å². The van der Waals surface area contributed by atoms with E-state index >= 15 is 0 Å². The first-order chi connectivity index (χ1) is 12.6. The molecule has 26 heavy (non-hydrogen) atoms. The van der Waals surface area contributed by atoms with Gasteiger partial charge in [-0.3, -0.25) is 4.79 Å². The maximum Gasteiger partial charge on any atom is 0.243 e. The van der Waals surface area contributed by atoms with Crippen LogP contribution in [-0.2, 0) is 4.79 Å². The highest BCUT2D eigenvalue weighted by Gasteiger charge is 2.16. The summed E-state index contributed by atoms with van der Waals surface area (Å²) in [6, 6.07) is 13.5. The zero-order valence-corrected chi connectivity index (χ0v) is 15.4. The molecule has 0 radical (unpaired) electrons. The molecule has 138 valence electrons. The van der Waals surface area contributed by atoms with Crippen LogP contribution >= 0.6 is 0 Å². The molecule has 0 saturated heterocycles. The number of aryl methyl sites for hydroxylation is 1.